The van der Waals surface area contributed by atoms with Gasteiger partial charge in [0.25, 0.3) is 0 Å². The van der Waals surface area contributed by atoms with Gasteiger partial charge in [-0.3, -0.25) is 0 Å². The van der Waals surface area contributed by atoms with E-state index in [9.17, 15) is 0 Å². The smallest absolute Gasteiger partial charge is 0.0297 e. The molecule has 0 radical (unpaired) electrons. The zero-order chi connectivity index (χ0) is 7.78. The summed E-state index contributed by atoms with van der Waals surface area (Å²) in [6, 6.07) is 0. The van der Waals surface area contributed by atoms with Crippen LogP contribution < -0.4 is 0 Å². The van der Waals surface area contributed by atoms with Gasteiger partial charge < -0.3 is 0 Å². The fraction of sp³-hybridized carbons (Fsp3) is 1.00. The highest BCUT2D eigenvalue weighted by atomic mass is 14.5. The minimum absolute atomic E-state index is 0.740. The second-order valence-electron chi connectivity index (χ2n) is 4.54. The van der Waals surface area contributed by atoms with Gasteiger partial charge in [-0.2, -0.15) is 0 Å². The molecule has 10 heavy (non-hydrogen) atoms. The first-order valence-electron chi connectivity index (χ1n) is 4.58. The lowest BCUT2D eigenvalue weighted by Gasteiger charge is -2.08. The van der Waals surface area contributed by atoms with Gasteiger partial charge in [0, 0.05) is 0 Å². The van der Waals surface area contributed by atoms with E-state index in [-0.39, 0.29) is 0 Å². The van der Waals surface area contributed by atoms with E-state index < -0.39 is 0 Å². The Morgan fingerprint density at radius 2 is 2.10 bits per heavy atom. The topological polar surface area (TPSA) is 0 Å². The van der Waals surface area contributed by atoms with Gasteiger partial charge in [-0.1, -0.05) is 34.1 Å². The Kier molecular flexibility index (Phi) is 2.07. The van der Waals surface area contributed by atoms with Crippen molar-refractivity contribution in [2.24, 2.45) is 17.3 Å². The molecule has 0 spiro atoms. The molecule has 0 aliphatic heterocycles. The summed E-state index contributed by atoms with van der Waals surface area (Å²) >= 11 is 0. The summed E-state index contributed by atoms with van der Waals surface area (Å²) in [6.45, 7) is 9.41. The van der Waals surface area contributed by atoms with Gasteiger partial charge in [0.05, 0.1) is 0 Å². The second-order valence-corrected chi connectivity index (χ2v) is 4.54. The first-order valence-corrected chi connectivity index (χ1v) is 4.58. The van der Waals surface area contributed by atoms with Crippen LogP contribution in [0.25, 0.3) is 0 Å². The molecule has 2 unspecified atom stereocenters. The van der Waals surface area contributed by atoms with Crippen LogP contribution in [-0.4, -0.2) is 0 Å². The fourth-order valence-electron chi connectivity index (χ4n) is 1.87. The Morgan fingerprint density at radius 1 is 1.50 bits per heavy atom. The Bertz CT molecular complexity index is 115. The first-order chi connectivity index (χ1) is 4.58. The molecule has 0 heterocycles. The Balaban J connectivity index is 2.24. The van der Waals surface area contributed by atoms with Crippen LogP contribution >= 0.6 is 0 Å². The van der Waals surface area contributed by atoms with E-state index in [4.69, 9.17) is 0 Å². The molecule has 0 aromatic rings. The van der Waals surface area contributed by atoms with Crippen molar-refractivity contribution >= 4 is 0 Å². The molecule has 1 fully saturated rings. The average molecular weight is 140 g/mol. The summed E-state index contributed by atoms with van der Waals surface area (Å²) in [6.07, 6.45) is 4.32. The number of hydrogen-bond acceptors (Lipinski definition) is 0. The molecule has 0 aromatic heterocycles. The van der Waals surface area contributed by atoms with Gasteiger partial charge in [0.15, 0.2) is 0 Å². The molecule has 1 aliphatic carbocycles. The number of rotatable bonds is 3. The third-order valence-electron chi connectivity index (χ3n) is 3.10. The quantitative estimate of drug-likeness (QED) is 0.563. The maximum Gasteiger partial charge on any atom is -0.0297 e. The predicted octanol–water partition coefficient (Wildman–Crippen LogP) is 3.47. The molecule has 1 aliphatic rings. The van der Waals surface area contributed by atoms with Crippen molar-refractivity contribution in [1.82, 2.24) is 0 Å². The van der Waals surface area contributed by atoms with Crippen LogP contribution in [0.3, 0.4) is 0 Å². The van der Waals surface area contributed by atoms with E-state index >= 15 is 0 Å². The summed E-state index contributed by atoms with van der Waals surface area (Å²) in [5.41, 5.74) is 0.740. The van der Waals surface area contributed by atoms with E-state index in [2.05, 4.69) is 27.7 Å². The maximum absolute atomic E-state index is 2.43. The lowest BCUT2D eigenvalue weighted by molar-refractivity contribution is 0.425. The molecule has 0 aromatic carbocycles. The molecule has 0 N–H and O–H groups in total. The zero-order valence-corrected chi connectivity index (χ0v) is 7.78. The Hall–Kier alpha value is 0. The highest BCUT2D eigenvalue weighted by Gasteiger charge is 2.47. The predicted molar refractivity (Wildman–Crippen MR) is 46.0 cm³/mol. The lowest BCUT2D eigenvalue weighted by atomic mass is 9.97. The minimum atomic E-state index is 0.740. The van der Waals surface area contributed by atoms with Crippen LogP contribution in [0.2, 0.25) is 0 Å². The minimum Gasteiger partial charge on any atom is -0.0649 e. The van der Waals surface area contributed by atoms with Gasteiger partial charge in [0.1, 0.15) is 0 Å². The van der Waals surface area contributed by atoms with Gasteiger partial charge in [-0.05, 0) is 30.1 Å². The van der Waals surface area contributed by atoms with E-state index in [1.807, 2.05) is 0 Å². The first kappa shape index (κ1) is 8.10. The third kappa shape index (κ3) is 1.53. The molecule has 60 valence electrons. The van der Waals surface area contributed by atoms with Crippen LogP contribution in [0.15, 0.2) is 0 Å². The standard InChI is InChI=1S/C10H20/c1-5-10(4)7-9(10)6-8(2)3/h8-9H,5-7H2,1-4H3. The fourth-order valence-corrected chi connectivity index (χ4v) is 1.87. The lowest BCUT2D eigenvalue weighted by Crippen LogP contribution is -1.98. The summed E-state index contributed by atoms with van der Waals surface area (Å²) < 4.78 is 0. The van der Waals surface area contributed by atoms with Crippen molar-refractivity contribution < 1.29 is 0 Å². The van der Waals surface area contributed by atoms with Crippen molar-refractivity contribution in [2.45, 2.75) is 47.0 Å². The van der Waals surface area contributed by atoms with E-state index in [1.54, 1.807) is 0 Å². The monoisotopic (exact) mass is 140 g/mol. The Labute approximate surface area is 65.0 Å². The van der Waals surface area contributed by atoms with Crippen molar-refractivity contribution in [2.75, 3.05) is 0 Å². The second kappa shape index (κ2) is 2.56. The SMILES string of the molecule is CCC1(C)CC1CC(C)C. The molecule has 1 saturated carbocycles. The summed E-state index contributed by atoms with van der Waals surface area (Å²) in [7, 11) is 0. The van der Waals surface area contributed by atoms with Crippen molar-refractivity contribution in [3.05, 3.63) is 0 Å². The molecule has 0 heteroatoms. The van der Waals surface area contributed by atoms with Gasteiger partial charge in [-0.15, -0.1) is 0 Å². The number of hydrogen-bond donors (Lipinski definition) is 0. The molecular weight excluding hydrogens is 120 g/mol. The normalized spacial score (nSPS) is 38.7. The molecular formula is C10H20. The molecule has 1 rings (SSSR count). The zero-order valence-electron chi connectivity index (χ0n) is 7.78. The summed E-state index contributed by atoms with van der Waals surface area (Å²) in [5, 5.41) is 0. The van der Waals surface area contributed by atoms with Gasteiger partial charge in [-0.25, -0.2) is 0 Å². The third-order valence-corrected chi connectivity index (χ3v) is 3.10. The highest BCUT2D eigenvalue weighted by molar-refractivity contribution is 4.97. The summed E-state index contributed by atoms with van der Waals surface area (Å²) in [4.78, 5) is 0. The molecule has 0 bridgehead atoms. The van der Waals surface area contributed by atoms with Crippen molar-refractivity contribution in [1.29, 1.82) is 0 Å². The van der Waals surface area contributed by atoms with Crippen LogP contribution in [0, 0.1) is 17.3 Å². The highest BCUT2D eigenvalue weighted by Crippen LogP contribution is 2.57. The molecule has 0 nitrogen and oxygen atoms in total. The van der Waals surface area contributed by atoms with Crippen LogP contribution in [0.5, 0.6) is 0 Å². The average Bonchev–Trinajstić information content (AvgIpc) is 2.43. The van der Waals surface area contributed by atoms with E-state index in [1.165, 1.54) is 19.3 Å². The molecule has 2 atom stereocenters. The van der Waals surface area contributed by atoms with Gasteiger partial charge >= 0.3 is 0 Å². The summed E-state index contributed by atoms with van der Waals surface area (Å²) in [5.74, 6) is 1.95. The maximum atomic E-state index is 2.43. The van der Waals surface area contributed by atoms with E-state index in [0.717, 1.165) is 17.3 Å². The van der Waals surface area contributed by atoms with Crippen molar-refractivity contribution in [3.8, 4) is 0 Å². The van der Waals surface area contributed by atoms with Crippen LogP contribution in [0.4, 0.5) is 0 Å². The van der Waals surface area contributed by atoms with Crippen molar-refractivity contribution in [3.63, 3.8) is 0 Å². The van der Waals surface area contributed by atoms with Crippen LogP contribution in [-0.2, 0) is 0 Å². The Morgan fingerprint density at radius 3 is 2.40 bits per heavy atom. The molecule has 0 amide bonds. The largest absolute Gasteiger partial charge is 0.0649 e. The molecule has 0 saturated heterocycles. The van der Waals surface area contributed by atoms with Crippen LogP contribution in [0.1, 0.15) is 47.0 Å². The van der Waals surface area contributed by atoms with Gasteiger partial charge in [0.2, 0.25) is 0 Å². The van der Waals surface area contributed by atoms with E-state index in [0.29, 0.717) is 0 Å².